The SMILES string of the molecule is CCn1c(CN(CCc2ccccc2F)C(=O)c2cccc(Br)c2)nc2ccccc21. The lowest BCUT2D eigenvalue weighted by Crippen LogP contribution is -2.33. The van der Waals surface area contributed by atoms with Crippen LogP contribution in [0.4, 0.5) is 4.39 Å². The first-order valence-electron chi connectivity index (χ1n) is 10.3. The van der Waals surface area contributed by atoms with Crippen molar-refractivity contribution in [2.24, 2.45) is 0 Å². The number of benzene rings is 3. The Kier molecular flexibility index (Phi) is 6.47. The number of carbonyl (C=O) groups excluding carboxylic acids is 1. The second-order valence-corrected chi connectivity index (χ2v) is 8.26. The lowest BCUT2D eigenvalue weighted by atomic mass is 10.1. The van der Waals surface area contributed by atoms with Gasteiger partial charge in [-0.15, -0.1) is 0 Å². The molecule has 0 fully saturated rings. The van der Waals surface area contributed by atoms with Gasteiger partial charge >= 0.3 is 0 Å². The zero-order valence-electron chi connectivity index (χ0n) is 17.3. The highest BCUT2D eigenvalue weighted by Crippen LogP contribution is 2.20. The normalized spacial score (nSPS) is 11.1. The van der Waals surface area contributed by atoms with Crippen molar-refractivity contribution in [1.82, 2.24) is 14.5 Å². The van der Waals surface area contributed by atoms with E-state index in [9.17, 15) is 9.18 Å². The molecule has 4 nitrogen and oxygen atoms in total. The van der Waals surface area contributed by atoms with E-state index < -0.39 is 0 Å². The fourth-order valence-corrected chi connectivity index (χ4v) is 4.18. The number of fused-ring (bicyclic) bond motifs is 1. The van der Waals surface area contributed by atoms with Crippen molar-refractivity contribution in [1.29, 1.82) is 0 Å². The van der Waals surface area contributed by atoms with Gasteiger partial charge < -0.3 is 9.47 Å². The van der Waals surface area contributed by atoms with Gasteiger partial charge in [0, 0.05) is 23.1 Å². The summed E-state index contributed by atoms with van der Waals surface area (Å²) in [5.41, 5.74) is 3.13. The van der Waals surface area contributed by atoms with Crippen molar-refractivity contribution >= 4 is 32.9 Å². The van der Waals surface area contributed by atoms with Crippen molar-refractivity contribution in [3.63, 3.8) is 0 Å². The topological polar surface area (TPSA) is 38.1 Å². The average Bonchev–Trinajstić information content (AvgIpc) is 3.14. The third-order valence-corrected chi connectivity index (χ3v) is 5.84. The number of hydrogen-bond acceptors (Lipinski definition) is 2. The van der Waals surface area contributed by atoms with Crippen LogP contribution in [-0.2, 0) is 19.5 Å². The van der Waals surface area contributed by atoms with Crippen LogP contribution in [0.25, 0.3) is 11.0 Å². The number of para-hydroxylation sites is 2. The van der Waals surface area contributed by atoms with Crippen LogP contribution in [0.1, 0.15) is 28.7 Å². The van der Waals surface area contributed by atoms with Gasteiger partial charge in [-0.05, 0) is 55.3 Å². The summed E-state index contributed by atoms with van der Waals surface area (Å²) in [6, 6.07) is 22.0. The Morgan fingerprint density at radius 3 is 2.61 bits per heavy atom. The molecule has 158 valence electrons. The van der Waals surface area contributed by atoms with Crippen LogP contribution >= 0.6 is 15.9 Å². The van der Waals surface area contributed by atoms with Crippen LogP contribution in [-0.4, -0.2) is 26.9 Å². The fourth-order valence-electron chi connectivity index (χ4n) is 3.78. The molecule has 0 saturated heterocycles. The van der Waals surface area contributed by atoms with Crippen LogP contribution in [0.15, 0.2) is 77.3 Å². The van der Waals surface area contributed by atoms with E-state index >= 15 is 0 Å². The average molecular weight is 480 g/mol. The molecule has 4 rings (SSSR count). The van der Waals surface area contributed by atoms with Crippen LogP contribution in [0.2, 0.25) is 0 Å². The molecule has 4 aromatic rings. The monoisotopic (exact) mass is 479 g/mol. The molecule has 31 heavy (non-hydrogen) atoms. The van der Waals surface area contributed by atoms with E-state index in [4.69, 9.17) is 4.98 Å². The molecular weight excluding hydrogens is 457 g/mol. The van der Waals surface area contributed by atoms with Crippen molar-refractivity contribution in [2.75, 3.05) is 6.54 Å². The maximum atomic E-state index is 14.2. The van der Waals surface area contributed by atoms with Gasteiger partial charge in [0.15, 0.2) is 0 Å². The number of nitrogens with zero attached hydrogens (tertiary/aromatic N) is 3. The van der Waals surface area contributed by atoms with Gasteiger partial charge in [0.25, 0.3) is 5.91 Å². The van der Waals surface area contributed by atoms with Crippen molar-refractivity contribution in [3.05, 3.63) is 100 Å². The van der Waals surface area contributed by atoms with Gasteiger partial charge in [-0.1, -0.05) is 52.3 Å². The standard InChI is InChI=1S/C25H23BrFN3O/c1-2-30-23-13-6-5-12-22(23)28-24(30)17-29(15-14-18-8-3-4-11-21(18)27)25(31)19-9-7-10-20(26)16-19/h3-13,16H,2,14-15,17H2,1H3. The predicted molar refractivity (Wildman–Crippen MR) is 124 cm³/mol. The Hall–Kier alpha value is -2.99. The molecular formula is C25H23BrFN3O. The van der Waals surface area contributed by atoms with E-state index in [2.05, 4.69) is 27.4 Å². The summed E-state index contributed by atoms with van der Waals surface area (Å²) < 4.78 is 17.1. The van der Waals surface area contributed by atoms with E-state index in [1.807, 2.05) is 42.5 Å². The molecule has 0 spiro atoms. The summed E-state index contributed by atoms with van der Waals surface area (Å²) in [7, 11) is 0. The van der Waals surface area contributed by atoms with Gasteiger partial charge in [0.05, 0.1) is 17.6 Å². The summed E-state index contributed by atoms with van der Waals surface area (Å²) in [5.74, 6) is 0.464. The van der Waals surface area contributed by atoms with Crippen LogP contribution in [0, 0.1) is 5.82 Å². The third kappa shape index (κ3) is 4.69. The molecule has 0 aliphatic rings. The van der Waals surface area contributed by atoms with E-state index in [-0.39, 0.29) is 11.7 Å². The number of aryl methyl sites for hydroxylation is 1. The molecule has 0 atom stereocenters. The minimum atomic E-state index is -0.252. The Labute approximate surface area is 189 Å². The second kappa shape index (κ2) is 9.43. The zero-order chi connectivity index (χ0) is 21.8. The first-order chi connectivity index (χ1) is 15.1. The number of hydrogen-bond donors (Lipinski definition) is 0. The molecule has 0 unspecified atom stereocenters. The number of rotatable bonds is 7. The summed E-state index contributed by atoms with van der Waals surface area (Å²) in [4.78, 5) is 19.9. The van der Waals surface area contributed by atoms with Crippen molar-refractivity contribution in [2.45, 2.75) is 26.4 Å². The van der Waals surface area contributed by atoms with E-state index in [0.717, 1.165) is 27.9 Å². The first kappa shape index (κ1) is 21.2. The molecule has 1 aromatic heterocycles. The quantitative estimate of drug-likeness (QED) is 0.333. The smallest absolute Gasteiger partial charge is 0.254 e. The number of aromatic nitrogens is 2. The maximum Gasteiger partial charge on any atom is 0.254 e. The number of carbonyl (C=O) groups is 1. The van der Waals surface area contributed by atoms with Gasteiger partial charge in [0.2, 0.25) is 0 Å². The lowest BCUT2D eigenvalue weighted by Gasteiger charge is -2.23. The maximum absolute atomic E-state index is 14.2. The largest absolute Gasteiger partial charge is 0.331 e. The molecule has 0 N–H and O–H groups in total. The van der Waals surface area contributed by atoms with Crippen molar-refractivity contribution < 1.29 is 9.18 Å². The summed E-state index contributed by atoms with van der Waals surface area (Å²) in [5, 5.41) is 0. The highest BCUT2D eigenvalue weighted by atomic mass is 79.9. The third-order valence-electron chi connectivity index (χ3n) is 5.35. The predicted octanol–water partition coefficient (Wildman–Crippen LogP) is 5.84. The van der Waals surface area contributed by atoms with Gasteiger partial charge in [0.1, 0.15) is 11.6 Å². The van der Waals surface area contributed by atoms with Crippen LogP contribution in [0.5, 0.6) is 0 Å². The number of halogens is 2. The highest BCUT2D eigenvalue weighted by Gasteiger charge is 2.20. The Morgan fingerprint density at radius 2 is 1.84 bits per heavy atom. The second-order valence-electron chi connectivity index (χ2n) is 7.34. The van der Waals surface area contributed by atoms with Crippen molar-refractivity contribution in [3.8, 4) is 0 Å². The lowest BCUT2D eigenvalue weighted by molar-refractivity contribution is 0.0739. The van der Waals surface area contributed by atoms with E-state index in [1.54, 1.807) is 29.2 Å². The van der Waals surface area contributed by atoms with Gasteiger partial charge in [-0.3, -0.25) is 4.79 Å². The first-order valence-corrected chi connectivity index (χ1v) is 11.1. The summed E-state index contributed by atoms with van der Waals surface area (Å²) in [6.07, 6.45) is 0.429. The number of amides is 1. The molecule has 1 heterocycles. The molecule has 0 aliphatic carbocycles. The molecule has 0 bridgehead atoms. The van der Waals surface area contributed by atoms with Gasteiger partial charge in [-0.2, -0.15) is 0 Å². The summed E-state index contributed by atoms with van der Waals surface area (Å²) >= 11 is 3.44. The molecule has 6 heteroatoms. The zero-order valence-corrected chi connectivity index (χ0v) is 18.8. The highest BCUT2D eigenvalue weighted by molar-refractivity contribution is 9.10. The minimum Gasteiger partial charge on any atom is -0.331 e. The number of imidazole rings is 1. The molecule has 0 aliphatic heterocycles. The molecule has 0 saturated carbocycles. The minimum absolute atomic E-state index is 0.104. The Morgan fingerprint density at radius 1 is 1.06 bits per heavy atom. The molecule has 0 radical (unpaired) electrons. The van der Waals surface area contributed by atoms with E-state index in [1.165, 1.54) is 6.07 Å². The molecule has 3 aromatic carbocycles. The van der Waals surface area contributed by atoms with Gasteiger partial charge in [-0.25, -0.2) is 9.37 Å². The fraction of sp³-hybridized carbons (Fsp3) is 0.200. The van der Waals surface area contributed by atoms with Crippen LogP contribution < -0.4 is 0 Å². The Balaban J connectivity index is 1.66. The molecule has 1 amide bonds. The summed E-state index contributed by atoms with van der Waals surface area (Å²) in [6.45, 7) is 3.56. The van der Waals surface area contributed by atoms with E-state index in [0.29, 0.717) is 30.6 Å². The van der Waals surface area contributed by atoms with Crippen LogP contribution in [0.3, 0.4) is 0 Å². The Bertz CT molecular complexity index is 1220.